The minimum Gasteiger partial charge on any atom is -0.294 e. The third-order valence-corrected chi connectivity index (χ3v) is 4.62. The van der Waals surface area contributed by atoms with Crippen LogP contribution in [0.3, 0.4) is 0 Å². The van der Waals surface area contributed by atoms with Crippen LogP contribution in [0, 0.1) is 0 Å². The van der Waals surface area contributed by atoms with Crippen LogP contribution in [0.25, 0.3) is 0 Å². The second-order valence-electron chi connectivity index (χ2n) is 6.60. The molecule has 0 aliphatic carbocycles. The molecule has 0 saturated heterocycles. The number of carbonyl (C=O) groups excluding carboxylic acids is 1. The van der Waals surface area contributed by atoms with Crippen molar-refractivity contribution in [1.82, 2.24) is 0 Å². The van der Waals surface area contributed by atoms with Crippen LogP contribution < -0.4 is 0 Å². The Morgan fingerprint density at radius 3 is 2.05 bits per heavy atom. The summed E-state index contributed by atoms with van der Waals surface area (Å²) in [6.07, 6.45) is 3.43. The number of thioether (sulfide) groups is 1. The van der Waals surface area contributed by atoms with Crippen molar-refractivity contribution in [3.05, 3.63) is 65.2 Å². The number of aryl methyl sites for hydroxylation is 1. The van der Waals surface area contributed by atoms with E-state index in [4.69, 9.17) is 0 Å². The largest absolute Gasteiger partial charge is 0.294 e. The highest BCUT2D eigenvalue weighted by Gasteiger charge is 2.14. The van der Waals surface area contributed by atoms with Crippen LogP contribution in [-0.4, -0.2) is 12.0 Å². The predicted octanol–water partition coefficient (Wildman–Crippen LogP) is 5.52. The molecule has 2 heteroatoms. The molecule has 0 bridgehead atoms. The Hall–Kier alpha value is -1.54. The summed E-state index contributed by atoms with van der Waals surface area (Å²) in [5, 5.41) is 0. The molecule has 0 radical (unpaired) electrons. The molecule has 0 unspecified atom stereocenters. The van der Waals surface area contributed by atoms with Gasteiger partial charge in [0.25, 0.3) is 0 Å². The molecule has 0 aromatic heterocycles. The van der Waals surface area contributed by atoms with E-state index in [0.29, 0.717) is 6.42 Å². The van der Waals surface area contributed by atoms with Crippen molar-refractivity contribution in [1.29, 1.82) is 0 Å². The molecule has 2 rings (SSSR count). The van der Waals surface area contributed by atoms with Gasteiger partial charge in [0.1, 0.15) is 0 Å². The van der Waals surface area contributed by atoms with Crippen LogP contribution in [0.1, 0.15) is 48.7 Å². The van der Waals surface area contributed by atoms with E-state index in [1.807, 2.05) is 12.1 Å². The Morgan fingerprint density at radius 2 is 1.55 bits per heavy atom. The number of rotatable bonds is 5. The molecule has 0 spiro atoms. The molecule has 1 nitrogen and oxygen atoms in total. The first-order chi connectivity index (χ1) is 10.4. The number of hydrogen-bond acceptors (Lipinski definition) is 2. The van der Waals surface area contributed by atoms with Crippen LogP contribution in [0.4, 0.5) is 0 Å². The smallest absolute Gasteiger partial charge is 0.163 e. The molecule has 0 aliphatic heterocycles. The molecule has 0 amide bonds. The highest BCUT2D eigenvalue weighted by molar-refractivity contribution is 7.98. The molecule has 22 heavy (non-hydrogen) atoms. The normalized spacial score (nSPS) is 11.5. The van der Waals surface area contributed by atoms with Gasteiger partial charge in [-0.3, -0.25) is 4.79 Å². The van der Waals surface area contributed by atoms with E-state index >= 15 is 0 Å². The lowest BCUT2D eigenvalue weighted by molar-refractivity contribution is 0.0983. The van der Waals surface area contributed by atoms with E-state index in [1.54, 1.807) is 11.8 Å². The average Bonchev–Trinajstić information content (AvgIpc) is 2.52. The first-order valence-electron chi connectivity index (χ1n) is 7.67. The quantitative estimate of drug-likeness (QED) is 0.534. The molecule has 0 fully saturated rings. The molecule has 0 heterocycles. The van der Waals surface area contributed by atoms with Crippen molar-refractivity contribution in [2.75, 3.05) is 6.26 Å². The zero-order valence-corrected chi connectivity index (χ0v) is 14.7. The van der Waals surface area contributed by atoms with Crippen molar-refractivity contribution >= 4 is 17.5 Å². The molecular formula is C20H24OS. The summed E-state index contributed by atoms with van der Waals surface area (Å²) in [4.78, 5) is 13.6. The number of carbonyl (C=O) groups is 1. The molecule has 0 saturated carbocycles. The van der Waals surface area contributed by atoms with Crippen molar-refractivity contribution < 1.29 is 4.79 Å². The second kappa shape index (κ2) is 7.15. The van der Waals surface area contributed by atoms with Crippen LogP contribution >= 0.6 is 11.8 Å². The minimum absolute atomic E-state index is 0.126. The van der Waals surface area contributed by atoms with E-state index in [0.717, 1.165) is 12.0 Å². The van der Waals surface area contributed by atoms with Crippen LogP contribution in [0.5, 0.6) is 0 Å². The van der Waals surface area contributed by atoms with Crippen LogP contribution in [0.15, 0.2) is 53.4 Å². The Morgan fingerprint density at radius 1 is 0.955 bits per heavy atom. The zero-order chi connectivity index (χ0) is 16.2. The summed E-state index contributed by atoms with van der Waals surface area (Å²) in [6.45, 7) is 6.55. The van der Waals surface area contributed by atoms with Gasteiger partial charge in [-0.25, -0.2) is 0 Å². The van der Waals surface area contributed by atoms with Crippen molar-refractivity contribution in [2.24, 2.45) is 0 Å². The zero-order valence-electron chi connectivity index (χ0n) is 13.8. The molecule has 0 aliphatic rings. The molecular weight excluding hydrogens is 288 g/mol. The number of hydrogen-bond donors (Lipinski definition) is 0. The predicted molar refractivity (Wildman–Crippen MR) is 96.0 cm³/mol. The monoisotopic (exact) mass is 312 g/mol. The lowest BCUT2D eigenvalue weighted by Gasteiger charge is -2.19. The summed E-state index contributed by atoms with van der Waals surface area (Å²) in [7, 11) is 0. The van der Waals surface area contributed by atoms with Gasteiger partial charge in [0.15, 0.2) is 5.78 Å². The van der Waals surface area contributed by atoms with Crippen LogP contribution in [0.2, 0.25) is 0 Å². The number of benzene rings is 2. The van der Waals surface area contributed by atoms with Gasteiger partial charge in [-0.15, -0.1) is 11.8 Å². The number of Topliss-reactive ketones (excluding diaryl/α,β-unsaturated/α-hetero) is 1. The fraction of sp³-hybridized carbons (Fsp3) is 0.350. The lowest BCUT2D eigenvalue weighted by Crippen LogP contribution is -2.11. The first kappa shape index (κ1) is 16.8. The topological polar surface area (TPSA) is 17.1 Å². The molecule has 2 aromatic rings. The Kier molecular flexibility index (Phi) is 5.47. The van der Waals surface area contributed by atoms with E-state index in [2.05, 4.69) is 63.4 Å². The van der Waals surface area contributed by atoms with E-state index in [1.165, 1.54) is 16.0 Å². The Labute approximate surface area is 138 Å². The number of ketones is 1. The van der Waals surface area contributed by atoms with Gasteiger partial charge >= 0.3 is 0 Å². The molecule has 2 aromatic carbocycles. The maximum atomic E-state index is 12.3. The molecule has 116 valence electrons. The van der Waals surface area contributed by atoms with E-state index in [-0.39, 0.29) is 11.2 Å². The van der Waals surface area contributed by atoms with E-state index < -0.39 is 0 Å². The SMILES string of the molecule is CSc1ccc(CCC(=O)c2ccc(C(C)(C)C)cc2)cc1. The third-order valence-electron chi connectivity index (χ3n) is 3.87. The van der Waals surface area contributed by atoms with Gasteiger partial charge in [-0.2, -0.15) is 0 Å². The third kappa shape index (κ3) is 4.48. The van der Waals surface area contributed by atoms with Gasteiger partial charge in [-0.1, -0.05) is 57.2 Å². The van der Waals surface area contributed by atoms with Gasteiger partial charge in [0, 0.05) is 16.9 Å². The fourth-order valence-corrected chi connectivity index (χ4v) is 2.76. The van der Waals surface area contributed by atoms with Crippen LogP contribution in [-0.2, 0) is 11.8 Å². The summed E-state index contributed by atoms with van der Waals surface area (Å²) < 4.78 is 0. The van der Waals surface area contributed by atoms with E-state index in [9.17, 15) is 4.79 Å². The molecule has 0 atom stereocenters. The highest BCUT2D eigenvalue weighted by atomic mass is 32.2. The summed E-state index contributed by atoms with van der Waals surface area (Å²) in [5.41, 5.74) is 3.42. The summed E-state index contributed by atoms with van der Waals surface area (Å²) in [6, 6.07) is 16.5. The standard InChI is InChI=1S/C20H24OS/c1-20(2,3)17-10-8-16(9-11-17)19(21)14-7-15-5-12-18(22-4)13-6-15/h5-6,8-13H,7,14H2,1-4H3. The van der Waals surface area contributed by atoms with Gasteiger partial charge in [-0.05, 0) is 41.4 Å². The molecule has 0 N–H and O–H groups in total. The maximum Gasteiger partial charge on any atom is 0.163 e. The lowest BCUT2D eigenvalue weighted by atomic mass is 9.86. The van der Waals surface area contributed by atoms with Gasteiger partial charge < -0.3 is 0 Å². The average molecular weight is 312 g/mol. The highest BCUT2D eigenvalue weighted by Crippen LogP contribution is 2.23. The van der Waals surface area contributed by atoms with Gasteiger partial charge in [0.05, 0.1) is 0 Å². The van der Waals surface area contributed by atoms with Gasteiger partial charge in [0.2, 0.25) is 0 Å². The summed E-state index contributed by atoms with van der Waals surface area (Å²) >= 11 is 1.74. The van der Waals surface area contributed by atoms with Crippen molar-refractivity contribution in [3.8, 4) is 0 Å². The first-order valence-corrected chi connectivity index (χ1v) is 8.89. The maximum absolute atomic E-state index is 12.3. The fourth-order valence-electron chi connectivity index (χ4n) is 2.35. The Balaban J connectivity index is 1.97. The Bertz CT molecular complexity index is 618. The second-order valence-corrected chi connectivity index (χ2v) is 7.48. The summed E-state index contributed by atoms with van der Waals surface area (Å²) in [5.74, 6) is 0.217. The minimum atomic E-state index is 0.126. The van der Waals surface area contributed by atoms with Crippen molar-refractivity contribution in [3.63, 3.8) is 0 Å². The van der Waals surface area contributed by atoms with Crippen molar-refractivity contribution in [2.45, 2.75) is 43.9 Å².